The van der Waals surface area contributed by atoms with Crippen molar-refractivity contribution in [1.82, 2.24) is 9.80 Å². The summed E-state index contributed by atoms with van der Waals surface area (Å²) in [6, 6.07) is 19.5. The molecule has 2 aliphatic rings. The number of amides is 2. The van der Waals surface area contributed by atoms with Crippen LogP contribution in [0.25, 0.3) is 0 Å². The minimum atomic E-state index is -0.101. The topological polar surface area (TPSA) is 49.9 Å². The molecule has 3 aromatic rings. The van der Waals surface area contributed by atoms with Crippen molar-refractivity contribution in [2.45, 2.75) is 31.3 Å². The Labute approximate surface area is 192 Å². The Kier molecular flexibility index (Phi) is 5.70. The van der Waals surface area contributed by atoms with Gasteiger partial charge in [-0.05, 0) is 66.1 Å². The van der Waals surface area contributed by atoms with Gasteiger partial charge in [0, 0.05) is 23.0 Å². The van der Waals surface area contributed by atoms with Gasteiger partial charge in [-0.1, -0.05) is 30.3 Å². The van der Waals surface area contributed by atoms with E-state index in [0.29, 0.717) is 17.9 Å². The third kappa shape index (κ3) is 4.02. The highest BCUT2D eigenvalue weighted by Crippen LogP contribution is 2.38. The van der Waals surface area contributed by atoms with Gasteiger partial charge in [-0.15, -0.1) is 11.3 Å². The maximum atomic E-state index is 13.6. The fourth-order valence-corrected chi connectivity index (χ4v) is 5.37. The first kappa shape index (κ1) is 20.8. The summed E-state index contributed by atoms with van der Waals surface area (Å²) in [5.74, 6) is 0.624. The molecule has 164 valence electrons. The number of carbonyl (C=O) groups is 2. The van der Waals surface area contributed by atoms with E-state index in [-0.39, 0.29) is 30.4 Å². The number of nitrogens with zero attached hydrogens (tertiary/aromatic N) is 2. The summed E-state index contributed by atoms with van der Waals surface area (Å²) in [4.78, 5) is 31.9. The van der Waals surface area contributed by atoms with Crippen LogP contribution >= 0.6 is 11.3 Å². The number of methoxy groups -OCH3 is 1. The molecule has 1 saturated carbocycles. The van der Waals surface area contributed by atoms with E-state index in [1.165, 1.54) is 10.4 Å². The zero-order valence-electron chi connectivity index (χ0n) is 18.1. The molecule has 1 aromatic heterocycles. The van der Waals surface area contributed by atoms with Crippen LogP contribution in [0.4, 0.5) is 0 Å². The molecular formula is C26H26N2O3S. The van der Waals surface area contributed by atoms with Gasteiger partial charge in [-0.25, -0.2) is 0 Å². The highest BCUT2D eigenvalue weighted by molar-refractivity contribution is 7.10. The van der Waals surface area contributed by atoms with Gasteiger partial charge in [-0.2, -0.15) is 0 Å². The highest BCUT2D eigenvalue weighted by atomic mass is 32.1. The van der Waals surface area contributed by atoms with E-state index in [0.717, 1.165) is 24.8 Å². The number of carbonyl (C=O) groups excluding carboxylic acids is 2. The Balaban J connectivity index is 1.40. The zero-order chi connectivity index (χ0) is 22.1. The minimum Gasteiger partial charge on any atom is -0.497 e. The molecule has 0 spiro atoms. The summed E-state index contributed by atoms with van der Waals surface area (Å²) < 4.78 is 5.20. The number of hydrogen-bond donors (Lipinski definition) is 0. The van der Waals surface area contributed by atoms with Crippen LogP contribution in [-0.4, -0.2) is 47.9 Å². The minimum absolute atomic E-state index is 0.00413. The number of rotatable bonds is 6. The number of ether oxygens (including phenoxy) is 1. The van der Waals surface area contributed by atoms with Gasteiger partial charge in [-0.3, -0.25) is 9.59 Å². The highest BCUT2D eigenvalue weighted by Gasteiger charge is 2.38. The average molecular weight is 447 g/mol. The molecule has 1 fully saturated rings. The van der Waals surface area contributed by atoms with E-state index in [9.17, 15) is 9.59 Å². The molecule has 0 bridgehead atoms. The third-order valence-corrected chi connectivity index (χ3v) is 7.29. The van der Waals surface area contributed by atoms with Gasteiger partial charge in [0.25, 0.3) is 5.91 Å². The molecule has 32 heavy (non-hydrogen) atoms. The molecule has 1 aliphatic heterocycles. The molecule has 2 amide bonds. The molecule has 1 aliphatic carbocycles. The van der Waals surface area contributed by atoms with Gasteiger partial charge in [0.15, 0.2) is 0 Å². The van der Waals surface area contributed by atoms with E-state index in [1.54, 1.807) is 47.6 Å². The number of hydrogen-bond acceptors (Lipinski definition) is 4. The second-order valence-electron chi connectivity index (χ2n) is 8.34. The predicted octanol–water partition coefficient (Wildman–Crippen LogP) is 4.54. The summed E-state index contributed by atoms with van der Waals surface area (Å²) in [6.07, 6.45) is 2.76. The average Bonchev–Trinajstić information content (AvgIpc) is 3.57. The Morgan fingerprint density at radius 2 is 1.81 bits per heavy atom. The predicted molar refractivity (Wildman–Crippen MR) is 125 cm³/mol. The van der Waals surface area contributed by atoms with Gasteiger partial charge in [0.2, 0.25) is 5.91 Å². The molecule has 1 unspecified atom stereocenters. The van der Waals surface area contributed by atoms with E-state index in [1.807, 2.05) is 23.1 Å². The van der Waals surface area contributed by atoms with Crippen LogP contribution in [0.1, 0.15) is 45.2 Å². The molecule has 5 rings (SSSR count). The normalized spacial score (nSPS) is 17.5. The molecule has 5 nitrogen and oxygen atoms in total. The summed E-state index contributed by atoms with van der Waals surface area (Å²) >= 11 is 1.76. The second-order valence-corrected chi connectivity index (χ2v) is 9.34. The molecule has 2 aromatic carbocycles. The van der Waals surface area contributed by atoms with Crippen molar-refractivity contribution in [2.75, 3.05) is 20.2 Å². The van der Waals surface area contributed by atoms with Crippen LogP contribution < -0.4 is 4.74 Å². The quantitative estimate of drug-likeness (QED) is 0.559. The van der Waals surface area contributed by atoms with Crippen LogP contribution in [0, 0.1) is 0 Å². The first-order chi connectivity index (χ1) is 15.7. The van der Waals surface area contributed by atoms with Crippen LogP contribution in [0.5, 0.6) is 5.75 Å². The van der Waals surface area contributed by atoms with Gasteiger partial charge in [0.1, 0.15) is 12.3 Å². The van der Waals surface area contributed by atoms with Crippen molar-refractivity contribution >= 4 is 23.2 Å². The maximum Gasteiger partial charge on any atom is 0.254 e. The first-order valence-electron chi connectivity index (χ1n) is 11.0. The molecule has 0 radical (unpaired) electrons. The standard InChI is InChI=1S/C26H26N2O3S/c1-31-21-11-7-19(8-12-21)26(30)28(20-9-10-20)17-24(29)27-15-13-23-22(14-16-32-23)25(27)18-5-3-2-4-6-18/h2-8,11-12,14,16,20,25H,9-10,13,15,17H2,1H3. The van der Waals surface area contributed by atoms with Gasteiger partial charge < -0.3 is 14.5 Å². The van der Waals surface area contributed by atoms with Crippen molar-refractivity contribution in [3.05, 3.63) is 87.6 Å². The lowest BCUT2D eigenvalue weighted by molar-refractivity contribution is -0.134. The summed E-state index contributed by atoms with van der Waals surface area (Å²) in [7, 11) is 1.60. The zero-order valence-corrected chi connectivity index (χ0v) is 18.9. The Bertz CT molecular complexity index is 1110. The number of fused-ring (bicyclic) bond motifs is 1. The molecule has 6 heteroatoms. The van der Waals surface area contributed by atoms with Crippen molar-refractivity contribution in [3.63, 3.8) is 0 Å². The van der Waals surface area contributed by atoms with E-state index in [4.69, 9.17) is 4.74 Å². The van der Waals surface area contributed by atoms with E-state index >= 15 is 0 Å². The van der Waals surface area contributed by atoms with Crippen molar-refractivity contribution in [1.29, 1.82) is 0 Å². The fourth-order valence-electron chi connectivity index (χ4n) is 4.47. The van der Waals surface area contributed by atoms with E-state index < -0.39 is 0 Å². The largest absolute Gasteiger partial charge is 0.497 e. The number of benzene rings is 2. The Hall–Kier alpha value is -3.12. The fraction of sp³-hybridized carbons (Fsp3) is 0.308. The van der Waals surface area contributed by atoms with Crippen LogP contribution in [0.3, 0.4) is 0 Å². The third-order valence-electron chi connectivity index (χ3n) is 6.29. The summed E-state index contributed by atoms with van der Waals surface area (Å²) in [5, 5.41) is 2.11. The lowest BCUT2D eigenvalue weighted by Crippen LogP contribution is -2.47. The lowest BCUT2D eigenvalue weighted by atomic mass is 9.93. The molecule has 1 atom stereocenters. The molecular weight excluding hydrogens is 420 g/mol. The van der Waals surface area contributed by atoms with Gasteiger partial charge in [0.05, 0.1) is 13.2 Å². The number of thiophene rings is 1. The SMILES string of the molecule is COc1ccc(C(=O)N(CC(=O)N2CCc3sccc3C2c2ccccc2)C2CC2)cc1. The van der Waals surface area contributed by atoms with Crippen molar-refractivity contribution in [3.8, 4) is 5.75 Å². The maximum absolute atomic E-state index is 13.6. The summed E-state index contributed by atoms with van der Waals surface area (Å²) in [6.45, 7) is 0.777. The molecule has 0 saturated heterocycles. The first-order valence-corrected chi connectivity index (χ1v) is 11.9. The summed E-state index contributed by atoms with van der Waals surface area (Å²) in [5.41, 5.74) is 2.91. The van der Waals surface area contributed by atoms with Crippen LogP contribution in [0.15, 0.2) is 66.0 Å². The van der Waals surface area contributed by atoms with Crippen molar-refractivity contribution < 1.29 is 14.3 Å². The Morgan fingerprint density at radius 1 is 1.06 bits per heavy atom. The van der Waals surface area contributed by atoms with Crippen molar-refractivity contribution in [2.24, 2.45) is 0 Å². The second kappa shape index (κ2) is 8.79. The molecule has 0 N–H and O–H groups in total. The van der Waals surface area contributed by atoms with E-state index in [2.05, 4.69) is 23.6 Å². The van der Waals surface area contributed by atoms with Gasteiger partial charge >= 0.3 is 0 Å². The lowest BCUT2D eigenvalue weighted by Gasteiger charge is -2.37. The van der Waals surface area contributed by atoms with Crippen LogP contribution in [0.2, 0.25) is 0 Å². The monoisotopic (exact) mass is 446 g/mol. The van der Waals surface area contributed by atoms with Crippen LogP contribution in [-0.2, 0) is 11.2 Å². The molecule has 2 heterocycles. The Morgan fingerprint density at radius 3 is 2.50 bits per heavy atom. The smallest absolute Gasteiger partial charge is 0.254 e.